The van der Waals surface area contributed by atoms with Crippen molar-refractivity contribution >= 4 is 11.8 Å². The van der Waals surface area contributed by atoms with Crippen LogP contribution >= 0.6 is 0 Å². The van der Waals surface area contributed by atoms with Gasteiger partial charge in [0, 0.05) is 12.7 Å². The zero-order valence-electron chi connectivity index (χ0n) is 16.4. The number of carbonyl (C=O) groups is 2. The van der Waals surface area contributed by atoms with E-state index in [1.807, 2.05) is 53.9 Å². The number of rotatable bonds is 3. The van der Waals surface area contributed by atoms with Crippen LogP contribution in [-0.2, 0) is 11.3 Å². The molecule has 2 amide bonds. The molecule has 0 unspecified atom stereocenters. The lowest BCUT2D eigenvalue weighted by Crippen LogP contribution is -2.58. The molecule has 0 bridgehead atoms. The minimum Gasteiger partial charge on any atom is -0.483 e. The Kier molecular flexibility index (Phi) is 4.83. The van der Waals surface area contributed by atoms with Gasteiger partial charge in [0.2, 0.25) is 5.91 Å². The highest BCUT2D eigenvalue weighted by Crippen LogP contribution is 2.32. The van der Waals surface area contributed by atoms with Crippen molar-refractivity contribution < 1.29 is 14.3 Å². The number of hydrogen-bond acceptors (Lipinski definition) is 4. The van der Waals surface area contributed by atoms with Crippen molar-refractivity contribution in [2.24, 2.45) is 5.92 Å². The Labute approximate surface area is 164 Å². The highest BCUT2D eigenvalue weighted by Gasteiger charge is 2.42. The highest BCUT2D eigenvalue weighted by molar-refractivity contribution is 5.97. The third kappa shape index (κ3) is 3.61. The van der Waals surface area contributed by atoms with E-state index >= 15 is 0 Å². The molecule has 2 aliphatic heterocycles. The number of benzene rings is 1. The maximum absolute atomic E-state index is 13.1. The molecule has 4 rings (SSSR count). The molecule has 3 heterocycles. The van der Waals surface area contributed by atoms with Crippen molar-refractivity contribution in [3.8, 4) is 5.75 Å². The van der Waals surface area contributed by atoms with Crippen LogP contribution in [0.3, 0.4) is 0 Å². The third-order valence-electron chi connectivity index (χ3n) is 5.54. The van der Waals surface area contributed by atoms with Crippen LogP contribution in [0.25, 0.3) is 0 Å². The molecule has 7 heteroatoms. The zero-order valence-corrected chi connectivity index (χ0v) is 16.4. The van der Waals surface area contributed by atoms with E-state index in [1.54, 1.807) is 6.07 Å². The highest BCUT2D eigenvalue weighted by atomic mass is 16.5. The maximum Gasteiger partial charge on any atom is 0.255 e. The lowest BCUT2D eigenvalue weighted by Gasteiger charge is -2.42. The van der Waals surface area contributed by atoms with E-state index in [1.165, 1.54) is 0 Å². The Bertz CT molecular complexity index is 893. The summed E-state index contributed by atoms with van der Waals surface area (Å²) < 4.78 is 8.16. The molecule has 1 spiro atoms. The number of nitrogens with one attached hydrogen (secondary N) is 1. The summed E-state index contributed by atoms with van der Waals surface area (Å²) in [6.45, 7) is 6.01. The molecule has 0 aliphatic carbocycles. The summed E-state index contributed by atoms with van der Waals surface area (Å²) in [5.74, 6) is 0.381. The van der Waals surface area contributed by atoms with E-state index < -0.39 is 5.60 Å². The number of aromatic nitrogens is 2. The van der Waals surface area contributed by atoms with Crippen molar-refractivity contribution in [1.29, 1.82) is 0 Å². The monoisotopic (exact) mass is 382 g/mol. The van der Waals surface area contributed by atoms with Crippen molar-refractivity contribution in [2.45, 2.75) is 38.8 Å². The Morgan fingerprint density at radius 1 is 1.36 bits per heavy atom. The van der Waals surface area contributed by atoms with Crippen molar-refractivity contribution in [3.05, 3.63) is 47.8 Å². The molecule has 2 aliphatic rings. The van der Waals surface area contributed by atoms with Gasteiger partial charge < -0.3 is 15.0 Å². The second-order valence-electron chi connectivity index (χ2n) is 7.91. The molecule has 28 heavy (non-hydrogen) atoms. The van der Waals surface area contributed by atoms with Gasteiger partial charge in [-0.2, -0.15) is 5.10 Å². The molecule has 1 fully saturated rings. The Balaban J connectivity index is 1.49. The molecule has 2 aromatic rings. The normalized spacial score (nSPS) is 22.8. The van der Waals surface area contributed by atoms with E-state index in [2.05, 4.69) is 10.4 Å². The second kappa shape index (κ2) is 7.30. The SMILES string of the molecule is Cc1ccn(C[C@H](C)C(=O)N2CCC[C@@]3(CNC(=O)c4ccccc4O3)C2)n1. The molecule has 0 saturated carbocycles. The largest absolute Gasteiger partial charge is 0.483 e. The van der Waals surface area contributed by atoms with Crippen LogP contribution in [0, 0.1) is 12.8 Å². The van der Waals surface area contributed by atoms with E-state index in [9.17, 15) is 9.59 Å². The fourth-order valence-electron chi connectivity index (χ4n) is 4.10. The lowest BCUT2D eigenvalue weighted by atomic mass is 9.91. The summed E-state index contributed by atoms with van der Waals surface area (Å²) in [5.41, 5.74) is 0.904. The Hall–Kier alpha value is -2.83. The van der Waals surface area contributed by atoms with E-state index in [-0.39, 0.29) is 17.7 Å². The van der Waals surface area contributed by atoms with Gasteiger partial charge in [0.05, 0.1) is 36.8 Å². The van der Waals surface area contributed by atoms with Crippen molar-refractivity contribution in [1.82, 2.24) is 20.0 Å². The number of amides is 2. The van der Waals surface area contributed by atoms with Gasteiger partial charge in [0.1, 0.15) is 11.4 Å². The number of carbonyl (C=O) groups excluding carboxylic acids is 2. The maximum atomic E-state index is 13.1. The number of fused-ring (bicyclic) bond motifs is 1. The molecule has 148 valence electrons. The zero-order chi connectivity index (χ0) is 19.7. The van der Waals surface area contributed by atoms with E-state index in [0.717, 1.165) is 18.5 Å². The smallest absolute Gasteiger partial charge is 0.255 e. The molecular formula is C21H26N4O3. The molecular weight excluding hydrogens is 356 g/mol. The van der Waals surface area contributed by atoms with Gasteiger partial charge in [-0.3, -0.25) is 14.3 Å². The van der Waals surface area contributed by atoms with Gasteiger partial charge in [-0.25, -0.2) is 0 Å². The van der Waals surface area contributed by atoms with Crippen LogP contribution in [0.2, 0.25) is 0 Å². The summed E-state index contributed by atoms with van der Waals surface area (Å²) in [7, 11) is 0. The van der Waals surface area contributed by atoms with Gasteiger partial charge in [0.15, 0.2) is 0 Å². The number of ether oxygens (including phenoxy) is 1. The van der Waals surface area contributed by atoms with Gasteiger partial charge in [-0.1, -0.05) is 19.1 Å². The molecule has 1 aromatic heterocycles. The van der Waals surface area contributed by atoms with Crippen LogP contribution in [0.1, 0.15) is 35.8 Å². The van der Waals surface area contributed by atoms with Crippen LogP contribution in [0.15, 0.2) is 36.5 Å². The molecule has 7 nitrogen and oxygen atoms in total. The first-order chi connectivity index (χ1) is 13.5. The fourth-order valence-corrected chi connectivity index (χ4v) is 4.10. The van der Waals surface area contributed by atoms with Crippen LogP contribution < -0.4 is 10.1 Å². The van der Waals surface area contributed by atoms with Crippen molar-refractivity contribution in [3.63, 3.8) is 0 Å². The van der Waals surface area contributed by atoms with Gasteiger partial charge in [0.25, 0.3) is 5.91 Å². The second-order valence-corrected chi connectivity index (χ2v) is 7.91. The first-order valence-corrected chi connectivity index (χ1v) is 9.81. The molecule has 1 aromatic carbocycles. The van der Waals surface area contributed by atoms with Crippen LogP contribution in [0.4, 0.5) is 0 Å². The molecule has 1 saturated heterocycles. The quantitative estimate of drug-likeness (QED) is 0.881. The number of nitrogens with zero attached hydrogens (tertiary/aromatic N) is 3. The number of hydrogen-bond donors (Lipinski definition) is 1. The van der Waals surface area contributed by atoms with Crippen molar-refractivity contribution in [2.75, 3.05) is 19.6 Å². The third-order valence-corrected chi connectivity index (χ3v) is 5.54. The number of piperidine rings is 1. The first kappa shape index (κ1) is 18.5. The standard InChI is InChI=1S/C21H26N4O3/c1-15(12-25-11-8-16(2)23-25)20(27)24-10-5-9-21(14-24)13-22-19(26)17-6-3-4-7-18(17)28-21/h3-4,6-8,11,15H,5,9-10,12-14H2,1-2H3,(H,22,26)/t15-,21+/m0/s1. The van der Waals surface area contributed by atoms with Crippen LogP contribution in [-0.4, -0.2) is 51.7 Å². The first-order valence-electron chi connectivity index (χ1n) is 9.81. The van der Waals surface area contributed by atoms with Gasteiger partial charge in [-0.05, 0) is 38.0 Å². The summed E-state index contributed by atoms with van der Waals surface area (Å²) >= 11 is 0. The topological polar surface area (TPSA) is 76.5 Å². The summed E-state index contributed by atoms with van der Waals surface area (Å²) in [4.78, 5) is 27.3. The van der Waals surface area contributed by atoms with Crippen LogP contribution in [0.5, 0.6) is 5.75 Å². The Morgan fingerprint density at radius 2 is 2.18 bits per heavy atom. The predicted molar refractivity (Wildman–Crippen MR) is 104 cm³/mol. The molecule has 0 radical (unpaired) electrons. The lowest BCUT2D eigenvalue weighted by molar-refractivity contribution is -0.141. The fraction of sp³-hybridized carbons (Fsp3) is 0.476. The molecule has 2 atom stereocenters. The van der Waals surface area contributed by atoms with Gasteiger partial charge >= 0.3 is 0 Å². The van der Waals surface area contributed by atoms with E-state index in [0.29, 0.717) is 37.5 Å². The van der Waals surface area contributed by atoms with E-state index in [4.69, 9.17) is 4.74 Å². The summed E-state index contributed by atoms with van der Waals surface area (Å²) in [5, 5.41) is 7.36. The summed E-state index contributed by atoms with van der Waals surface area (Å²) in [6, 6.07) is 9.22. The average Bonchev–Trinajstić information content (AvgIpc) is 3.05. The average molecular weight is 382 g/mol. The number of aryl methyl sites for hydroxylation is 1. The number of likely N-dealkylation sites (tertiary alicyclic amines) is 1. The minimum absolute atomic E-state index is 0.0969. The minimum atomic E-state index is -0.585. The van der Waals surface area contributed by atoms with Gasteiger partial charge in [-0.15, -0.1) is 0 Å². The molecule has 1 N–H and O–H groups in total. The Morgan fingerprint density at radius 3 is 2.96 bits per heavy atom. The predicted octanol–water partition coefficient (Wildman–Crippen LogP) is 2.01. The number of para-hydroxylation sites is 1. The summed E-state index contributed by atoms with van der Waals surface area (Å²) in [6.07, 6.45) is 3.55.